The molecule has 0 saturated carbocycles. The molecule has 35 heavy (non-hydrogen) atoms. The number of ether oxygens (including phenoxy) is 1. The van der Waals surface area contributed by atoms with Gasteiger partial charge in [0.1, 0.15) is 10.6 Å². The molecule has 180 valence electrons. The predicted octanol–water partition coefficient (Wildman–Crippen LogP) is 3.08. The number of amides is 2. The van der Waals surface area contributed by atoms with Gasteiger partial charge in [-0.05, 0) is 25.1 Å². The summed E-state index contributed by atoms with van der Waals surface area (Å²) in [5.74, 6) is -1.06. The fourth-order valence-corrected chi connectivity index (χ4v) is 4.93. The van der Waals surface area contributed by atoms with Crippen LogP contribution in [0, 0.1) is 6.92 Å². The number of aromatic hydroxyl groups is 1. The summed E-state index contributed by atoms with van der Waals surface area (Å²) in [6.45, 7) is 5.36. The zero-order chi connectivity index (χ0) is 25.3. The molecule has 0 bridgehead atoms. The normalized spacial score (nSPS) is 13.0. The topological polar surface area (TPSA) is 105 Å². The number of benzene rings is 2. The van der Waals surface area contributed by atoms with Gasteiger partial charge in [0.05, 0.1) is 26.0 Å². The Morgan fingerprint density at radius 1 is 1.26 bits per heavy atom. The lowest BCUT2D eigenvalue weighted by Crippen LogP contribution is -2.28. The first-order chi connectivity index (χ1) is 16.7. The molecule has 0 unspecified atom stereocenters. The van der Waals surface area contributed by atoms with E-state index in [0.29, 0.717) is 10.6 Å². The van der Waals surface area contributed by atoms with E-state index < -0.39 is 18.4 Å². The van der Waals surface area contributed by atoms with Crippen LogP contribution in [0.15, 0.2) is 53.1 Å². The van der Waals surface area contributed by atoms with Gasteiger partial charge in [-0.2, -0.15) is 0 Å². The summed E-state index contributed by atoms with van der Waals surface area (Å²) in [5, 5.41) is 16.8. The highest BCUT2D eigenvalue weighted by atomic mass is 35.5. The Bertz CT molecular complexity index is 1580. The number of carbonyl (C=O) groups excluding carboxylic acids is 2. The van der Waals surface area contributed by atoms with Crippen molar-refractivity contribution in [3.8, 4) is 11.6 Å². The molecule has 1 aliphatic rings. The van der Waals surface area contributed by atoms with Crippen molar-refractivity contribution in [3.63, 3.8) is 0 Å². The van der Waals surface area contributed by atoms with Gasteiger partial charge in [0.2, 0.25) is 10.7 Å². The average molecular weight is 552 g/mol. The molecule has 0 fully saturated rings. The van der Waals surface area contributed by atoms with Crippen molar-refractivity contribution in [2.45, 2.75) is 13.5 Å². The lowest BCUT2D eigenvalue weighted by molar-refractivity contribution is -0.123. The summed E-state index contributed by atoms with van der Waals surface area (Å²) in [4.78, 5) is 29.6. The third-order valence-electron chi connectivity index (χ3n) is 4.89. The summed E-state index contributed by atoms with van der Waals surface area (Å²) < 4.78 is 6.81. The SMILES string of the molecule is C=CCn1c(O)c(C2=c3cc(C)ccc3=NC2=O)s/c1=N/NC(=O)COc1cc(Cl)c(Cl)cc1Cl. The minimum Gasteiger partial charge on any atom is -0.493 e. The lowest BCUT2D eigenvalue weighted by Gasteiger charge is -2.08. The monoisotopic (exact) mass is 550 g/mol. The zero-order valence-corrected chi connectivity index (χ0v) is 21.2. The smallest absolute Gasteiger partial charge is 0.279 e. The highest BCUT2D eigenvalue weighted by molar-refractivity contribution is 7.11. The fourth-order valence-electron chi connectivity index (χ4n) is 3.29. The summed E-state index contributed by atoms with van der Waals surface area (Å²) in [6.07, 6.45) is 1.55. The Morgan fingerprint density at radius 3 is 2.74 bits per heavy atom. The molecule has 2 amide bonds. The molecule has 1 aromatic heterocycles. The highest BCUT2D eigenvalue weighted by Crippen LogP contribution is 2.33. The fraction of sp³-hybridized carbons (Fsp3) is 0.130. The van der Waals surface area contributed by atoms with Crippen molar-refractivity contribution in [1.29, 1.82) is 0 Å². The van der Waals surface area contributed by atoms with Crippen molar-refractivity contribution in [1.82, 2.24) is 9.99 Å². The molecule has 0 atom stereocenters. The number of hydrogen-bond acceptors (Lipinski definition) is 6. The first-order valence-corrected chi connectivity index (χ1v) is 12.0. The minimum absolute atomic E-state index is 0.183. The first-order valence-electron chi connectivity index (χ1n) is 10.1. The third-order valence-corrected chi connectivity index (χ3v) is 6.99. The van der Waals surface area contributed by atoms with E-state index in [-0.39, 0.29) is 48.5 Å². The minimum atomic E-state index is -0.590. The van der Waals surface area contributed by atoms with Crippen molar-refractivity contribution >= 4 is 63.5 Å². The number of allylic oxidation sites excluding steroid dienone is 1. The molecule has 8 nitrogen and oxygen atoms in total. The van der Waals surface area contributed by atoms with E-state index in [1.165, 1.54) is 16.7 Å². The number of hydrogen-bond donors (Lipinski definition) is 2. The Labute approximate surface area is 218 Å². The number of fused-ring (bicyclic) bond motifs is 1. The molecule has 3 aromatic rings. The number of halogens is 3. The van der Waals surface area contributed by atoms with Crippen LogP contribution in [0.2, 0.25) is 15.1 Å². The molecule has 0 aliphatic carbocycles. The van der Waals surface area contributed by atoms with E-state index >= 15 is 0 Å². The number of aryl methyl sites for hydroxylation is 1. The van der Waals surface area contributed by atoms with Gasteiger partial charge < -0.3 is 9.84 Å². The molecule has 1 aliphatic heterocycles. The van der Waals surface area contributed by atoms with Crippen LogP contribution in [-0.2, 0) is 16.1 Å². The van der Waals surface area contributed by atoms with Crippen LogP contribution in [0.3, 0.4) is 0 Å². The first kappa shape index (κ1) is 25.0. The molecular formula is C23H17Cl3N4O4S. The van der Waals surface area contributed by atoms with Crippen molar-refractivity contribution in [2.24, 2.45) is 10.1 Å². The largest absolute Gasteiger partial charge is 0.493 e. The maximum Gasteiger partial charge on any atom is 0.279 e. The Hall–Kier alpha value is -3.11. The van der Waals surface area contributed by atoms with Gasteiger partial charge in [-0.15, -0.1) is 11.7 Å². The number of nitrogens with zero attached hydrogens (tertiary/aromatic N) is 3. The van der Waals surface area contributed by atoms with Gasteiger partial charge in [-0.1, -0.05) is 63.8 Å². The van der Waals surface area contributed by atoms with Crippen LogP contribution in [0.25, 0.3) is 5.57 Å². The molecule has 2 N–H and O–H groups in total. The Morgan fingerprint density at radius 2 is 2.00 bits per heavy atom. The number of thiazole rings is 1. The van der Waals surface area contributed by atoms with Crippen LogP contribution < -0.4 is 25.5 Å². The van der Waals surface area contributed by atoms with E-state index in [1.54, 1.807) is 12.1 Å². The third kappa shape index (κ3) is 5.13. The number of aromatic nitrogens is 1. The van der Waals surface area contributed by atoms with Gasteiger partial charge in [0.15, 0.2) is 6.61 Å². The van der Waals surface area contributed by atoms with E-state index in [1.807, 2.05) is 19.1 Å². The summed E-state index contributed by atoms with van der Waals surface area (Å²) in [5.41, 5.74) is 3.59. The van der Waals surface area contributed by atoms with Crippen molar-refractivity contribution in [2.75, 3.05) is 6.61 Å². The zero-order valence-electron chi connectivity index (χ0n) is 18.1. The summed E-state index contributed by atoms with van der Waals surface area (Å²) in [6, 6.07) is 8.25. The van der Waals surface area contributed by atoms with E-state index in [9.17, 15) is 14.7 Å². The van der Waals surface area contributed by atoms with Gasteiger partial charge in [0.25, 0.3) is 11.8 Å². The van der Waals surface area contributed by atoms with Gasteiger partial charge in [-0.25, -0.2) is 10.4 Å². The second-order valence-corrected chi connectivity index (χ2v) is 9.58. The Balaban J connectivity index is 1.63. The molecule has 0 spiro atoms. The van der Waals surface area contributed by atoms with Gasteiger partial charge in [-0.3, -0.25) is 14.2 Å². The van der Waals surface area contributed by atoms with Gasteiger partial charge >= 0.3 is 0 Å². The van der Waals surface area contributed by atoms with E-state index in [0.717, 1.165) is 16.9 Å². The molecule has 2 heterocycles. The second-order valence-electron chi connectivity index (χ2n) is 7.38. The Kier molecular flexibility index (Phi) is 7.32. The van der Waals surface area contributed by atoms with Crippen LogP contribution in [0.4, 0.5) is 0 Å². The maximum absolute atomic E-state index is 12.6. The van der Waals surface area contributed by atoms with E-state index in [2.05, 4.69) is 22.1 Å². The van der Waals surface area contributed by atoms with Gasteiger partial charge in [0, 0.05) is 17.8 Å². The molecule has 2 aromatic carbocycles. The van der Waals surface area contributed by atoms with Crippen LogP contribution in [-0.4, -0.2) is 28.1 Å². The van der Waals surface area contributed by atoms with Crippen molar-refractivity contribution in [3.05, 3.63) is 83.9 Å². The second kappa shape index (κ2) is 10.2. The summed E-state index contributed by atoms with van der Waals surface area (Å²) in [7, 11) is 0. The number of nitrogens with one attached hydrogen (secondary N) is 1. The standard InChI is InChI=1S/C23H17Cl3N4O4S/c1-3-6-30-22(33)20(19-12-7-11(2)4-5-16(12)27-21(19)32)35-23(30)29-28-18(31)10-34-17-9-14(25)13(24)8-15(17)26/h3-5,7-9,33H,1,6,10H2,2H3,(H,28,31)/b29-23+. The molecule has 0 radical (unpaired) electrons. The summed E-state index contributed by atoms with van der Waals surface area (Å²) >= 11 is 18.9. The number of carbonyl (C=O) groups is 2. The highest BCUT2D eigenvalue weighted by Gasteiger charge is 2.25. The lowest BCUT2D eigenvalue weighted by atomic mass is 10.1. The van der Waals surface area contributed by atoms with Crippen LogP contribution in [0.5, 0.6) is 11.6 Å². The molecule has 0 saturated heterocycles. The molecular weight excluding hydrogens is 535 g/mol. The van der Waals surface area contributed by atoms with Crippen LogP contribution >= 0.6 is 46.1 Å². The predicted molar refractivity (Wildman–Crippen MR) is 134 cm³/mol. The van der Waals surface area contributed by atoms with Crippen molar-refractivity contribution < 1.29 is 19.4 Å². The molecule has 12 heteroatoms. The quantitative estimate of drug-likeness (QED) is 0.267. The average Bonchev–Trinajstić information content (AvgIpc) is 3.29. The maximum atomic E-state index is 12.6. The van der Waals surface area contributed by atoms with Crippen LogP contribution in [0.1, 0.15) is 10.4 Å². The molecule has 4 rings (SSSR count). The number of rotatable bonds is 7. The van der Waals surface area contributed by atoms with E-state index in [4.69, 9.17) is 39.5 Å².